The lowest BCUT2D eigenvalue weighted by molar-refractivity contribution is 0.161. The van der Waals surface area contributed by atoms with Gasteiger partial charge in [-0.05, 0) is 19.1 Å². The van der Waals surface area contributed by atoms with Crippen LogP contribution in [0.2, 0.25) is 0 Å². The van der Waals surface area contributed by atoms with Gasteiger partial charge in [0.05, 0.1) is 12.0 Å². The maximum absolute atomic E-state index is 5.30. The second-order valence-electron chi connectivity index (χ2n) is 4.68. The Kier molecular flexibility index (Phi) is 3.17. The van der Waals surface area contributed by atoms with Gasteiger partial charge in [0.15, 0.2) is 5.76 Å². The zero-order valence-electron chi connectivity index (χ0n) is 10.4. The molecule has 1 aliphatic heterocycles. The third-order valence-corrected chi connectivity index (χ3v) is 3.33. The van der Waals surface area contributed by atoms with Crippen LogP contribution in [0.3, 0.4) is 0 Å². The Morgan fingerprint density at radius 3 is 3.22 bits per heavy atom. The van der Waals surface area contributed by atoms with Gasteiger partial charge in [-0.2, -0.15) is 0 Å². The molecule has 1 N–H and O–H groups in total. The van der Waals surface area contributed by atoms with Crippen LogP contribution in [0.4, 0.5) is 0 Å². The van der Waals surface area contributed by atoms with Crippen LogP contribution in [0, 0.1) is 0 Å². The third-order valence-electron chi connectivity index (χ3n) is 3.33. The second-order valence-corrected chi connectivity index (χ2v) is 4.68. The highest BCUT2D eigenvalue weighted by atomic mass is 16.5. The maximum atomic E-state index is 5.30. The number of rotatable bonds is 3. The normalized spacial score (nSPS) is 21.3. The molecule has 3 rings (SSSR count). The van der Waals surface area contributed by atoms with Gasteiger partial charge in [0.2, 0.25) is 5.76 Å². The molecule has 18 heavy (non-hydrogen) atoms. The molecule has 0 aliphatic carbocycles. The van der Waals surface area contributed by atoms with E-state index in [2.05, 4.69) is 22.3 Å². The molecule has 96 valence electrons. The zero-order chi connectivity index (χ0) is 12.4. The van der Waals surface area contributed by atoms with Crippen molar-refractivity contribution in [1.82, 2.24) is 15.4 Å². The molecule has 1 atom stereocenters. The number of hydrogen-bond acceptors (Lipinski definition) is 5. The minimum Gasteiger partial charge on any atom is -0.461 e. The summed E-state index contributed by atoms with van der Waals surface area (Å²) < 4.78 is 10.6. The van der Waals surface area contributed by atoms with E-state index in [0.29, 0.717) is 11.8 Å². The van der Waals surface area contributed by atoms with Crippen molar-refractivity contribution in [3.8, 4) is 11.5 Å². The second kappa shape index (κ2) is 4.96. The van der Waals surface area contributed by atoms with E-state index in [4.69, 9.17) is 8.94 Å². The summed E-state index contributed by atoms with van der Waals surface area (Å²) in [6.07, 6.45) is 1.63. The largest absolute Gasteiger partial charge is 0.461 e. The Morgan fingerprint density at radius 1 is 1.50 bits per heavy atom. The predicted molar refractivity (Wildman–Crippen MR) is 66.9 cm³/mol. The summed E-state index contributed by atoms with van der Waals surface area (Å²) in [6.45, 7) is 6.16. The van der Waals surface area contributed by atoms with Crippen molar-refractivity contribution in [2.75, 3.05) is 19.6 Å². The van der Waals surface area contributed by atoms with Crippen LogP contribution in [0.15, 0.2) is 33.4 Å². The summed E-state index contributed by atoms with van der Waals surface area (Å²) in [5.41, 5.74) is 0.954. The smallest absolute Gasteiger partial charge is 0.202 e. The molecule has 0 amide bonds. The van der Waals surface area contributed by atoms with Gasteiger partial charge in [-0.3, -0.25) is 4.90 Å². The molecule has 0 spiro atoms. The predicted octanol–water partition coefficient (Wildman–Crippen LogP) is 1.73. The van der Waals surface area contributed by atoms with Crippen LogP contribution in [0.25, 0.3) is 11.5 Å². The molecule has 0 radical (unpaired) electrons. The lowest BCUT2D eigenvalue weighted by atomic mass is 10.2. The first kappa shape index (κ1) is 11.5. The van der Waals surface area contributed by atoms with Gasteiger partial charge in [-0.1, -0.05) is 5.16 Å². The van der Waals surface area contributed by atoms with Gasteiger partial charge >= 0.3 is 0 Å². The average molecular weight is 247 g/mol. The van der Waals surface area contributed by atoms with Gasteiger partial charge < -0.3 is 14.3 Å². The van der Waals surface area contributed by atoms with Crippen molar-refractivity contribution in [1.29, 1.82) is 0 Å². The molecule has 0 unspecified atom stereocenters. The fourth-order valence-corrected chi connectivity index (χ4v) is 2.25. The highest BCUT2D eigenvalue weighted by Crippen LogP contribution is 2.21. The fraction of sp³-hybridized carbons (Fsp3) is 0.462. The van der Waals surface area contributed by atoms with Gasteiger partial charge in [0.25, 0.3) is 0 Å². The molecule has 2 aromatic heterocycles. The SMILES string of the molecule is C[C@@H]1CNCCN1Cc1cc(-c2ccco2)on1. The molecule has 0 bridgehead atoms. The average Bonchev–Trinajstić information content (AvgIpc) is 3.02. The topological polar surface area (TPSA) is 54.4 Å². The maximum Gasteiger partial charge on any atom is 0.202 e. The van der Waals surface area contributed by atoms with E-state index in [1.165, 1.54) is 0 Å². The van der Waals surface area contributed by atoms with Crippen LogP contribution < -0.4 is 5.32 Å². The minimum absolute atomic E-state index is 0.530. The fourth-order valence-electron chi connectivity index (χ4n) is 2.25. The van der Waals surface area contributed by atoms with E-state index in [1.807, 2.05) is 18.2 Å². The summed E-state index contributed by atoms with van der Waals surface area (Å²) >= 11 is 0. The molecule has 2 aromatic rings. The van der Waals surface area contributed by atoms with Crippen LogP contribution in [0.1, 0.15) is 12.6 Å². The van der Waals surface area contributed by atoms with Crippen molar-refractivity contribution in [3.05, 3.63) is 30.2 Å². The Bertz CT molecular complexity index is 492. The molecule has 1 aliphatic rings. The van der Waals surface area contributed by atoms with Crippen molar-refractivity contribution in [2.45, 2.75) is 19.5 Å². The number of hydrogen-bond donors (Lipinski definition) is 1. The van der Waals surface area contributed by atoms with Crippen molar-refractivity contribution in [3.63, 3.8) is 0 Å². The molecule has 1 fully saturated rings. The van der Waals surface area contributed by atoms with E-state index in [-0.39, 0.29) is 0 Å². The van der Waals surface area contributed by atoms with E-state index in [0.717, 1.165) is 37.6 Å². The number of nitrogens with zero attached hydrogens (tertiary/aromatic N) is 2. The number of piperazine rings is 1. The van der Waals surface area contributed by atoms with E-state index in [1.54, 1.807) is 6.26 Å². The van der Waals surface area contributed by atoms with Crippen molar-refractivity contribution >= 4 is 0 Å². The summed E-state index contributed by atoms with van der Waals surface area (Å²) in [6, 6.07) is 6.20. The van der Waals surface area contributed by atoms with Crippen LogP contribution in [-0.2, 0) is 6.54 Å². The molecular formula is C13H17N3O2. The first-order valence-corrected chi connectivity index (χ1v) is 6.27. The van der Waals surface area contributed by atoms with Crippen molar-refractivity contribution < 1.29 is 8.94 Å². The van der Waals surface area contributed by atoms with E-state index >= 15 is 0 Å². The molecule has 1 saturated heterocycles. The van der Waals surface area contributed by atoms with Crippen LogP contribution in [0.5, 0.6) is 0 Å². The monoisotopic (exact) mass is 247 g/mol. The highest BCUT2D eigenvalue weighted by Gasteiger charge is 2.19. The molecule has 5 nitrogen and oxygen atoms in total. The van der Waals surface area contributed by atoms with E-state index < -0.39 is 0 Å². The zero-order valence-corrected chi connectivity index (χ0v) is 10.4. The van der Waals surface area contributed by atoms with Crippen molar-refractivity contribution in [2.24, 2.45) is 0 Å². The molecule has 0 saturated carbocycles. The standard InChI is InChI=1S/C13H17N3O2/c1-10-8-14-4-5-16(10)9-11-7-13(18-15-11)12-3-2-6-17-12/h2-3,6-7,10,14H,4-5,8-9H2,1H3/t10-/m1/s1. The lowest BCUT2D eigenvalue weighted by Gasteiger charge is -2.33. The Morgan fingerprint density at radius 2 is 2.44 bits per heavy atom. The first-order valence-electron chi connectivity index (χ1n) is 6.27. The van der Waals surface area contributed by atoms with Crippen LogP contribution in [-0.4, -0.2) is 35.7 Å². The summed E-state index contributed by atoms with van der Waals surface area (Å²) in [4.78, 5) is 2.40. The summed E-state index contributed by atoms with van der Waals surface area (Å²) in [5.74, 6) is 1.42. The van der Waals surface area contributed by atoms with Gasteiger partial charge in [0.1, 0.15) is 0 Å². The first-order chi connectivity index (χ1) is 8.83. The number of nitrogens with one attached hydrogen (secondary N) is 1. The Balaban J connectivity index is 1.70. The molecule has 5 heteroatoms. The summed E-state index contributed by atoms with van der Waals surface area (Å²) in [5, 5.41) is 7.48. The van der Waals surface area contributed by atoms with E-state index in [9.17, 15) is 0 Å². The lowest BCUT2D eigenvalue weighted by Crippen LogP contribution is -2.49. The Labute approximate surface area is 106 Å². The minimum atomic E-state index is 0.530. The molecule has 0 aromatic carbocycles. The van der Waals surface area contributed by atoms with Gasteiger partial charge in [-0.25, -0.2) is 0 Å². The van der Waals surface area contributed by atoms with Gasteiger partial charge in [0, 0.05) is 38.3 Å². The molecule has 3 heterocycles. The van der Waals surface area contributed by atoms with Crippen LogP contribution >= 0.6 is 0 Å². The highest BCUT2D eigenvalue weighted by molar-refractivity contribution is 5.49. The summed E-state index contributed by atoms with van der Waals surface area (Å²) in [7, 11) is 0. The van der Waals surface area contributed by atoms with Gasteiger partial charge in [-0.15, -0.1) is 0 Å². The number of furan rings is 1. The third kappa shape index (κ3) is 2.32. The molecular weight excluding hydrogens is 230 g/mol. The quantitative estimate of drug-likeness (QED) is 0.895. The number of aromatic nitrogens is 1. The Hall–Kier alpha value is -1.59.